The number of amides is 1. The average molecular weight is 418 g/mol. The number of anilines is 1. The second-order valence-corrected chi connectivity index (χ2v) is 7.32. The third-order valence-electron chi connectivity index (χ3n) is 3.83. The van der Waals surface area contributed by atoms with Crippen LogP contribution in [-0.4, -0.2) is 31.4 Å². The standard InChI is InChI=1S/C19H20ClN5O2S/c1-3-25-17(11-27-15-7-4-13(2)5-8-15)23-24-19(25)28-12-18(26)22-16-9-6-14(20)10-21-16/h4-10H,3,11-12H2,1-2H3,(H,21,22,26). The molecule has 7 nitrogen and oxygen atoms in total. The minimum absolute atomic E-state index is 0.178. The zero-order valence-electron chi connectivity index (χ0n) is 15.6. The zero-order valence-corrected chi connectivity index (χ0v) is 17.1. The molecule has 1 N–H and O–H groups in total. The number of ether oxygens (including phenoxy) is 1. The molecule has 0 atom stereocenters. The van der Waals surface area contributed by atoms with Crippen molar-refractivity contribution in [3.8, 4) is 5.75 Å². The number of thioether (sulfide) groups is 1. The van der Waals surface area contributed by atoms with Crippen LogP contribution in [0.4, 0.5) is 5.82 Å². The molecule has 0 saturated heterocycles. The molecule has 0 aliphatic heterocycles. The summed E-state index contributed by atoms with van der Waals surface area (Å²) in [6.45, 7) is 5.02. The van der Waals surface area contributed by atoms with Crippen molar-refractivity contribution < 1.29 is 9.53 Å². The lowest BCUT2D eigenvalue weighted by Gasteiger charge is -2.09. The van der Waals surface area contributed by atoms with Crippen molar-refractivity contribution in [2.45, 2.75) is 32.2 Å². The number of pyridine rings is 1. The van der Waals surface area contributed by atoms with Crippen LogP contribution in [0, 0.1) is 6.92 Å². The third kappa shape index (κ3) is 5.46. The van der Waals surface area contributed by atoms with Gasteiger partial charge in [-0.25, -0.2) is 4.98 Å². The Morgan fingerprint density at radius 2 is 2.00 bits per heavy atom. The summed E-state index contributed by atoms with van der Waals surface area (Å²) in [6, 6.07) is 11.2. The first-order valence-electron chi connectivity index (χ1n) is 8.71. The maximum atomic E-state index is 12.1. The molecule has 0 bridgehead atoms. The van der Waals surface area contributed by atoms with Gasteiger partial charge in [-0.1, -0.05) is 41.1 Å². The number of carbonyl (C=O) groups is 1. The molecule has 28 heavy (non-hydrogen) atoms. The monoisotopic (exact) mass is 417 g/mol. The largest absolute Gasteiger partial charge is 0.486 e. The summed E-state index contributed by atoms with van der Waals surface area (Å²) in [5.41, 5.74) is 1.18. The molecule has 0 radical (unpaired) electrons. The van der Waals surface area contributed by atoms with Gasteiger partial charge in [-0.3, -0.25) is 4.79 Å². The maximum absolute atomic E-state index is 12.1. The first kappa shape index (κ1) is 20.2. The number of rotatable bonds is 8. The van der Waals surface area contributed by atoms with Crippen LogP contribution < -0.4 is 10.1 Å². The molecule has 0 saturated carbocycles. The lowest BCUT2D eigenvalue weighted by molar-refractivity contribution is -0.113. The average Bonchev–Trinajstić information content (AvgIpc) is 3.09. The highest BCUT2D eigenvalue weighted by Gasteiger charge is 2.14. The Morgan fingerprint density at radius 3 is 2.68 bits per heavy atom. The van der Waals surface area contributed by atoms with Crippen LogP contribution in [0.3, 0.4) is 0 Å². The van der Waals surface area contributed by atoms with Crippen molar-refractivity contribution in [2.75, 3.05) is 11.1 Å². The summed E-state index contributed by atoms with van der Waals surface area (Å²) in [5, 5.41) is 12.3. The number of aromatic nitrogens is 4. The predicted octanol–water partition coefficient (Wildman–Crippen LogP) is 3.96. The normalized spacial score (nSPS) is 10.7. The summed E-state index contributed by atoms with van der Waals surface area (Å²) in [7, 11) is 0. The number of benzene rings is 1. The highest BCUT2D eigenvalue weighted by molar-refractivity contribution is 7.99. The molecule has 0 aliphatic carbocycles. The molecule has 2 heterocycles. The minimum Gasteiger partial charge on any atom is -0.486 e. The molecule has 0 spiro atoms. The molecule has 1 aromatic carbocycles. The van der Waals surface area contributed by atoms with E-state index in [4.69, 9.17) is 16.3 Å². The van der Waals surface area contributed by atoms with Crippen molar-refractivity contribution in [3.05, 3.63) is 59.0 Å². The number of hydrogen-bond donors (Lipinski definition) is 1. The lowest BCUT2D eigenvalue weighted by Crippen LogP contribution is -2.15. The van der Waals surface area contributed by atoms with Crippen LogP contribution >= 0.6 is 23.4 Å². The first-order chi connectivity index (χ1) is 13.5. The van der Waals surface area contributed by atoms with Crippen molar-refractivity contribution in [2.24, 2.45) is 0 Å². The van der Waals surface area contributed by atoms with Gasteiger partial charge in [0.05, 0.1) is 10.8 Å². The number of halogens is 1. The number of aryl methyl sites for hydroxylation is 1. The summed E-state index contributed by atoms with van der Waals surface area (Å²) in [4.78, 5) is 16.2. The number of nitrogens with zero attached hydrogens (tertiary/aromatic N) is 4. The van der Waals surface area contributed by atoms with E-state index in [0.717, 1.165) is 5.75 Å². The van der Waals surface area contributed by atoms with E-state index in [9.17, 15) is 4.79 Å². The van der Waals surface area contributed by atoms with Crippen molar-refractivity contribution in [1.29, 1.82) is 0 Å². The fourth-order valence-electron chi connectivity index (χ4n) is 2.39. The van der Waals surface area contributed by atoms with Gasteiger partial charge in [0.2, 0.25) is 5.91 Å². The summed E-state index contributed by atoms with van der Waals surface area (Å²) < 4.78 is 7.72. The first-order valence-corrected chi connectivity index (χ1v) is 10.1. The molecule has 3 aromatic rings. The molecule has 1 amide bonds. The summed E-state index contributed by atoms with van der Waals surface area (Å²) in [5.74, 6) is 1.97. The Kier molecular flexibility index (Phi) is 6.89. The van der Waals surface area contributed by atoms with Crippen LogP contribution in [0.2, 0.25) is 5.02 Å². The van der Waals surface area contributed by atoms with Gasteiger partial charge in [-0.05, 0) is 38.1 Å². The lowest BCUT2D eigenvalue weighted by atomic mass is 10.2. The van der Waals surface area contributed by atoms with Crippen molar-refractivity contribution in [1.82, 2.24) is 19.7 Å². The van der Waals surface area contributed by atoms with Crippen molar-refractivity contribution >= 4 is 35.1 Å². The van der Waals surface area contributed by atoms with Crippen LogP contribution in [0.1, 0.15) is 18.3 Å². The Balaban J connectivity index is 1.56. The van der Waals surface area contributed by atoms with E-state index in [-0.39, 0.29) is 11.7 Å². The molecule has 3 rings (SSSR count). The predicted molar refractivity (Wildman–Crippen MR) is 110 cm³/mol. The highest BCUT2D eigenvalue weighted by atomic mass is 35.5. The van der Waals surface area contributed by atoms with Crippen LogP contribution in [-0.2, 0) is 17.9 Å². The topological polar surface area (TPSA) is 81.9 Å². The molecule has 0 aliphatic rings. The fraction of sp³-hybridized carbons (Fsp3) is 0.263. The van der Waals surface area contributed by atoms with Crippen LogP contribution in [0.25, 0.3) is 0 Å². The second-order valence-electron chi connectivity index (χ2n) is 5.94. The number of nitrogens with one attached hydrogen (secondary N) is 1. The molecular weight excluding hydrogens is 398 g/mol. The van der Waals surface area contributed by atoms with Crippen LogP contribution in [0.5, 0.6) is 5.75 Å². The van der Waals surface area contributed by atoms with E-state index in [1.807, 2.05) is 42.7 Å². The summed E-state index contributed by atoms with van der Waals surface area (Å²) >= 11 is 7.10. The minimum atomic E-state index is -0.178. The van der Waals surface area contributed by atoms with E-state index in [1.165, 1.54) is 23.5 Å². The molecule has 2 aromatic heterocycles. The van der Waals surface area contributed by atoms with Gasteiger partial charge in [0.1, 0.15) is 18.2 Å². The van der Waals surface area contributed by atoms with Gasteiger partial charge in [-0.15, -0.1) is 10.2 Å². The molecule has 9 heteroatoms. The zero-order chi connectivity index (χ0) is 19.9. The van der Waals surface area contributed by atoms with E-state index in [2.05, 4.69) is 20.5 Å². The third-order valence-corrected chi connectivity index (χ3v) is 5.02. The van der Waals surface area contributed by atoms with E-state index in [0.29, 0.717) is 35.0 Å². The smallest absolute Gasteiger partial charge is 0.236 e. The highest BCUT2D eigenvalue weighted by Crippen LogP contribution is 2.19. The number of hydrogen-bond acceptors (Lipinski definition) is 6. The summed E-state index contributed by atoms with van der Waals surface area (Å²) in [6.07, 6.45) is 1.48. The SMILES string of the molecule is CCn1c(COc2ccc(C)cc2)nnc1SCC(=O)Nc1ccc(Cl)cn1. The molecular formula is C19H20ClN5O2S. The van der Waals surface area contributed by atoms with Crippen molar-refractivity contribution in [3.63, 3.8) is 0 Å². The van der Waals surface area contributed by atoms with E-state index >= 15 is 0 Å². The van der Waals surface area contributed by atoms with Gasteiger partial charge >= 0.3 is 0 Å². The Labute approximate surface area is 172 Å². The van der Waals surface area contributed by atoms with E-state index < -0.39 is 0 Å². The van der Waals surface area contributed by atoms with Gasteiger partial charge in [0, 0.05) is 12.7 Å². The Hall–Kier alpha value is -2.58. The maximum Gasteiger partial charge on any atom is 0.236 e. The molecule has 0 fully saturated rings. The molecule has 146 valence electrons. The van der Waals surface area contributed by atoms with E-state index in [1.54, 1.807) is 12.1 Å². The van der Waals surface area contributed by atoms with Gasteiger partial charge in [0.15, 0.2) is 11.0 Å². The van der Waals surface area contributed by atoms with Gasteiger partial charge in [0.25, 0.3) is 0 Å². The Bertz CT molecular complexity index is 929. The fourth-order valence-corrected chi connectivity index (χ4v) is 3.32. The van der Waals surface area contributed by atoms with Gasteiger partial charge < -0.3 is 14.6 Å². The molecule has 0 unspecified atom stereocenters. The number of carbonyl (C=O) groups excluding carboxylic acids is 1. The second kappa shape index (κ2) is 9.57. The van der Waals surface area contributed by atoms with Crippen LogP contribution in [0.15, 0.2) is 47.8 Å². The van der Waals surface area contributed by atoms with Gasteiger partial charge in [-0.2, -0.15) is 0 Å². The Morgan fingerprint density at radius 1 is 1.21 bits per heavy atom. The quantitative estimate of drug-likeness (QED) is 0.558.